The number of hydrogen-bond donors (Lipinski definition) is 0. The SMILES string of the molecule is C=C(C)C(=O)OCCCCCCOc1ccc(C(=O)Oc2ccc(-c3ccc(C(=O)OCC4CO4)cc3)cc2)cc1. The summed E-state index contributed by atoms with van der Waals surface area (Å²) in [7, 11) is 0. The highest BCUT2D eigenvalue weighted by Crippen LogP contribution is 2.24. The van der Waals surface area contributed by atoms with Crippen molar-refractivity contribution < 1.29 is 38.1 Å². The van der Waals surface area contributed by atoms with Crippen LogP contribution in [0.15, 0.2) is 84.9 Å². The summed E-state index contributed by atoms with van der Waals surface area (Å²) in [6.45, 7) is 7.06. The average molecular weight is 559 g/mol. The van der Waals surface area contributed by atoms with Crippen molar-refractivity contribution in [2.45, 2.75) is 38.7 Å². The van der Waals surface area contributed by atoms with Gasteiger partial charge < -0.3 is 23.7 Å². The van der Waals surface area contributed by atoms with Gasteiger partial charge in [0.05, 0.1) is 30.9 Å². The van der Waals surface area contributed by atoms with Crippen LogP contribution in [0.25, 0.3) is 11.1 Å². The standard InChI is InChI=1S/C33H34O8/c1-23(2)31(34)38-20-6-4-3-5-19-37-28-15-13-27(14-16-28)33(36)41-29-17-11-25(12-18-29)24-7-9-26(10-8-24)32(35)40-22-30-21-39-30/h7-18,30H,1,3-6,19-22H2,2H3. The van der Waals surface area contributed by atoms with Crippen LogP contribution in [0, 0.1) is 0 Å². The van der Waals surface area contributed by atoms with Gasteiger partial charge in [-0.05, 0) is 92.3 Å². The predicted octanol–water partition coefficient (Wildman–Crippen LogP) is 6.19. The van der Waals surface area contributed by atoms with Crippen LogP contribution >= 0.6 is 0 Å². The summed E-state index contributed by atoms with van der Waals surface area (Å²) in [4.78, 5) is 36.0. The number of ether oxygens (including phenoxy) is 5. The van der Waals surface area contributed by atoms with Crippen molar-refractivity contribution in [2.75, 3.05) is 26.4 Å². The van der Waals surface area contributed by atoms with Crippen LogP contribution < -0.4 is 9.47 Å². The molecule has 1 unspecified atom stereocenters. The van der Waals surface area contributed by atoms with Gasteiger partial charge in [0.2, 0.25) is 0 Å². The molecule has 1 saturated heterocycles. The van der Waals surface area contributed by atoms with Crippen LogP contribution in [0.2, 0.25) is 0 Å². The molecule has 0 N–H and O–H groups in total. The lowest BCUT2D eigenvalue weighted by Gasteiger charge is -2.09. The highest BCUT2D eigenvalue weighted by Gasteiger charge is 2.24. The Morgan fingerprint density at radius 3 is 1.88 bits per heavy atom. The predicted molar refractivity (Wildman–Crippen MR) is 153 cm³/mol. The first kappa shape index (κ1) is 29.6. The van der Waals surface area contributed by atoms with E-state index < -0.39 is 5.97 Å². The molecule has 1 aliphatic heterocycles. The van der Waals surface area contributed by atoms with Crippen LogP contribution in [0.1, 0.15) is 53.3 Å². The Hall–Kier alpha value is -4.43. The third-order valence-electron chi connectivity index (χ3n) is 6.30. The Morgan fingerprint density at radius 1 is 0.732 bits per heavy atom. The normalized spacial score (nSPS) is 13.6. The summed E-state index contributed by atoms with van der Waals surface area (Å²) < 4.78 is 26.6. The third kappa shape index (κ3) is 9.61. The van der Waals surface area contributed by atoms with Crippen molar-refractivity contribution in [1.29, 1.82) is 0 Å². The van der Waals surface area contributed by atoms with Gasteiger partial charge in [0, 0.05) is 5.57 Å². The minimum absolute atomic E-state index is 0.0324. The van der Waals surface area contributed by atoms with Crippen molar-refractivity contribution in [3.8, 4) is 22.6 Å². The molecule has 0 saturated carbocycles. The molecule has 41 heavy (non-hydrogen) atoms. The quantitative estimate of drug-likeness (QED) is 0.0716. The zero-order valence-electron chi connectivity index (χ0n) is 23.1. The summed E-state index contributed by atoms with van der Waals surface area (Å²) in [5, 5.41) is 0. The van der Waals surface area contributed by atoms with Gasteiger partial charge >= 0.3 is 17.9 Å². The van der Waals surface area contributed by atoms with Gasteiger partial charge in [-0.15, -0.1) is 0 Å². The number of epoxide rings is 1. The first-order valence-electron chi connectivity index (χ1n) is 13.7. The molecule has 0 amide bonds. The summed E-state index contributed by atoms with van der Waals surface area (Å²) in [5.74, 6) is -0.0793. The summed E-state index contributed by atoms with van der Waals surface area (Å²) in [6, 6.07) is 21.1. The maximum absolute atomic E-state index is 12.6. The number of hydrogen-bond acceptors (Lipinski definition) is 8. The molecule has 214 valence electrons. The second-order valence-corrected chi connectivity index (χ2v) is 9.75. The molecule has 4 rings (SSSR count). The van der Waals surface area contributed by atoms with Gasteiger partial charge in [-0.3, -0.25) is 0 Å². The first-order valence-corrected chi connectivity index (χ1v) is 13.7. The van der Waals surface area contributed by atoms with Crippen LogP contribution in [0.4, 0.5) is 0 Å². The van der Waals surface area contributed by atoms with E-state index in [-0.39, 0.29) is 24.6 Å². The smallest absolute Gasteiger partial charge is 0.343 e. The highest BCUT2D eigenvalue weighted by atomic mass is 16.6. The Labute approximate surface area is 239 Å². The van der Waals surface area contributed by atoms with Gasteiger partial charge in [-0.25, -0.2) is 14.4 Å². The van der Waals surface area contributed by atoms with Gasteiger partial charge in [0.25, 0.3) is 0 Å². The Balaban J connectivity index is 1.16. The van der Waals surface area contributed by atoms with Crippen LogP contribution in [-0.2, 0) is 19.0 Å². The molecule has 0 radical (unpaired) electrons. The molecule has 1 heterocycles. The molecular formula is C33H34O8. The average Bonchev–Trinajstić information content (AvgIpc) is 3.82. The highest BCUT2D eigenvalue weighted by molar-refractivity contribution is 5.91. The van der Waals surface area contributed by atoms with Crippen molar-refractivity contribution >= 4 is 17.9 Å². The lowest BCUT2D eigenvalue weighted by Crippen LogP contribution is -2.09. The number of rotatable bonds is 15. The van der Waals surface area contributed by atoms with E-state index in [4.69, 9.17) is 23.7 Å². The fourth-order valence-corrected chi connectivity index (χ4v) is 3.82. The molecule has 8 heteroatoms. The molecule has 0 spiro atoms. The van der Waals surface area contributed by atoms with Crippen LogP contribution in [-0.4, -0.2) is 50.4 Å². The summed E-state index contributed by atoms with van der Waals surface area (Å²) >= 11 is 0. The fraction of sp³-hybridized carbons (Fsp3) is 0.303. The Kier molecular flexibility index (Phi) is 10.7. The topological polar surface area (TPSA) is 101 Å². The van der Waals surface area contributed by atoms with E-state index in [1.807, 2.05) is 24.3 Å². The maximum atomic E-state index is 12.6. The first-order chi connectivity index (χ1) is 19.9. The number of unbranched alkanes of at least 4 members (excludes halogenated alkanes) is 3. The molecular weight excluding hydrogens is 524 g/mol. The van der Waals surface area contributed by atoms with Crippen molar-refractivity contribution in [2.24, 2.45) is 0 Å². The minimum Gasteiger partial charge on any atom is -0.494 e. The molecule has 3 aromatic rings. The van der Waals surface area contributed by atoms with Crippen LogP contribution in [0.3, 0.4) is 0 Å². The largest absolute Gasteiger partial charge is 0.494 e. The molecule has 0 aliphatic carbocycles. The second kappa shape index (κ2) is 14.8. The van der Waals surface area contributed by atoms with E-state index in [2.05, 4.69) is 6.58 Å². The van der Waals surface area contributed by atoms with Gasteiger partial charge in [-0.2, -0.15) is 0 Å². The third-order valence-corrected chi connectivity index (χ3v) is 6.30. The number of esters is 3. The molecule has 0 bridgehead atoms. The zero-order chi connectivity index (χ0) is 29.0. The lowest BCUT2D eigenvalue weighted by atomic mass is 10.0. The van der Waals surface area contributed by atoms with E-state index in [1.165, 1.54) is 0 Å². The lowest BCUT2D eigenvalue weighted by molar-refractivity contribution is -0.139. The number of carbonyl (C=O) groups excluding carboxylic acids is 3. The number of carbonyl (C=O) groups is 3. The zero-order valence-corrected chi connectivity index (χ0v) is 23.1. The fourth-order valence-electron chi connectivity index (χ4n) is 3.82. The molecule has 0 aromatic heterocycles. The maximum Gasteiger partial charge on any atom is 0.343 e. The summed E-state index contributed by atoms with van der Waals surface area (Å²) in [5.41, 5.74) is 3.15. The van der Waals surface area contributed by atoms with E-state index in [9.17, 15) is 14.4 Å². The van der Waals surface area contributed by atoms with Gasteiger partial charge in [0.15, 0.2) is 0 Å². The molecule has 3 aromatic carbocycles. The van der Waals surface area contributed by atoms with E-state index in [0.717, 1.165) is 36.8 Å². The van der Waals surface area contributed by atoms with Gasteiger partial charge in [-0.1, -0.05) is 30.8 Å². The second-order valence-electron chi connectivity index (χ2n) is 9.75. The van der Waals surface area contributed by atoms with Gasteiger partial charge in [0.1, 0.15) is 24.2 Å². The monoisotopic (exact) mass is 558 g/mol. The number of benzene rings is 3. The van der Waals surface area contributed by atoms with Crippen LogP contribution in [0.5, 0.6) is 11.5 Å². The Bertz CT molecular complexity index is 1320. The molecule has 1 aliphatic rings. The van der Waals surface area contributed by atoms with Crippen molar-refractivity contribution in [3.05, 3.63) is 96.1 Å². The molecule has 1 atom stereocenters. The van der Waals surface area contributed by atoms with E-state index in [0.29, 0.717) is 48.0 Å². The van der Waals surface area contributed by atoms with Crippen molar-refractivity contribution in [1.82, 2.24) is 0 Å². The molecule has 8 nitrogen and oxygen atoms in total. The van der Waals surface area contributed by atoms with E-state index in [1.54, 1.807) is 55.5 Å². The van der Waals surface area contributed by atoms with E-state index >= 15 is 0 Å². The van der Waals surface area contributed by atoms with Crippen molar-refractivity contribution in [3.63, 3.8) is 0 Å². The minimum atomic E-state index is -0.462. The Morgan fingerprint density at radius 2 is 1.27 bits per heavy atom. The molecule has 1 fully saturated rings. The summed E-state index contributed by atoms with van der Waals surface area (Å²) in [6.07, 6.45) is 3.62.